The van der Waals surface area contributed by atoms with Crippen molar-refractivity contribution in [1.29, 1.82) is 0 Å². The van der Waals surface area contributed by atoms with Crippen LogP contribution in [0.15, 0.2) is 0 Å². The Morgan fingerprint density at radius 2 is 2.12 bits per heavy atom. The van der Waals surface area contributed by atoms with Crippen molar-refractivity contribution in [2.45, 2.75) is 19.4 Å². The van der Waals surface area contributed by atoms with Gasteiger partial charge in [-0.15, -0.1) is 0 Å². The molecule has 0 saturated carbocycles. The second-order valence-electron chi connectivity index (χ2n) is 1.98. The van der Waals surface area contributed by atoms with Crippen molar-refractivity contribution < 1.29 is 9.90 Å². The van der Waals surface area contributed by atoms with Gasteiger partial charge in [-0.05, 0) is 0 Å². The standard InChI is InChI=1S/C5H7NO2/c1-5(2,6-3)4(7)8/h1-2H3,(H,7,8). The predicted molar refractivity (Wildman–Crippen MR) is 28.3 cm³/mol. The van der Waals surface area contributed by atoms with Crippen LogP contribution in [0.25, 0.3) is 4.85 Å². The molecule has 0 amide bonds. The van der Waals surface area contributed by atoms with E-state index in [2.05, 4.69) is 4.85 Å². The third-order valence-electron chi connectivity index (χ3n) is 0.803. The topological polar surface area (TPSA) is 41.7 Å². The van der Waals surface area contributed by atoms with E-state index < -0.39 is 11.5 Å². The van der Waals surface area contributed by atoms with Gasteiger partial charge >= 0.3 is 11.5 Å². The van der Waals surface area contributed by atoms with Crippen LogP contribution in [0.2, 0.25) is 0 Å². The Morgan fingerprint density at radius 1 is 1.75 bits per heavy atom. The molecule has 0 aromatic heterocycles. The van der Waals surface area contributed by atoms with Crippen LogP contribution in [0.4, 0.5) is 0 Å². The van der Waals surface area contributed by atoms with Gasteiger partial charge < -0.3 is 5.11 Å². The van der Waals surface area contributed by atoms with Gasteiger partial charge in [-0.1, -0.05) is 0 Å². The first kappa shape index (κ1) is 6.96. The maximum atomic E-state index is 10.0. The number of hydrogen-bond acceptors (Lipinski definition) is 1. The average molecular weight is 113 g/mol. The highest BCUT2D eigenvalue weighted by molar-refractivity contribution is 5.79. The number of rotatable bonds is 1. The molecule has 0 aliphatic heterocycles. The molecule has 3 heteroatoms. The summed E-state index contributed by atoms with van der Waals surface area (Å²) in [7, 11) is 0. The highest BCUT2D eigenvalue weighted by atomic mass is 16.4. The first-order valence-electron chi connectivity index (χ1n) is 2.12. The zero-order chi connectivity index (χ0) is 6.78. The van der Waals surface area contributed by atoms with Gasteiger partial charge in [0.15, 0.2) is 0 Å². The van der Waals surface area contributed by atoms with Crippen molar-refractivity contribution >= 4 is 5.97 Å². The van der Waals surface area contributed by atoms with Gasteiger partial charge in [0.2, 0.25) is 0 Å². The van der Waals surface area contributed by atoms with Gasteiger partial charge in [0.1, 0.15) is 0 Å². The van der Waals surface area contributed by atoms with Crippen molar-refractivity contribution in [2.75, 3.05) is 0 Å². The molecule has 3 nitrogen and oxygen atoms in total. The summed E-state index contributed by atoms with van der Waals surface area (Å²) in [6, 6.07) is 0. The van der Waals surface area contributed by atoms with Crippen LogP contribution in [0.1, 0.15) is 13.8 Å². The molecule has 0 rings (SSSR count). The fourth-order valence-corrected chi connectivity index (χ4v) is 0.0478. The summed E-state index contributed by atoms with van der Waals surface area (Å²) in [5.41, 5.74) is -1.25. The Morgan fingerprint density at radius 3 is 2.12 bits per heavy atom. The number of carboxylic acid groups (broad SMARTS) is 1. The normalized spacial score (nSPS) is 10.1. The first-order valence-corrected chi connectivity index (χ1v) is 2.12. The summed E-state index contributed by atoms with van der Waals surface area (Å²) < 4.78 is 0. The number of nitrogens with zero attached hydrogens (tertiary/aromatic N) is 1. The molecule has 1 N–H and O–H groups in total. The lowest BCUT2D eigenvalue weighted by atomic mass is 10.1. The van der Waals surface area contributed by atoms with E-state index in [1.165, 1.54) is 13.8 Å². The Labute approximate surface area is 47.8 Å². The molecule has 8 heavy (non-hydrogen) atoms. The van der Waals surface area contributed by atoms with E-state index in [0.29, 0.717) is 0 Å². The van der Waals surface area contributed by atoms with Gasteiger partial charge in [-0.2, -0.15) is 0 Å². The fourth-order valence-electron chi connectivity index (χ4n) is 0.0478. The van der Waals surface area contributed by atoms with Gasteiger partial charge in [0, 0.05) is 13.8 Å². The zero-order valence-electron chi connectivity index (χ0n) is 4.80. The molecule has 0 fully saturated rings. The largest absolute Gasteiger partial charge is 0.475 e. The maximum absolute atomic E-state index is 10.0. The third-order valence-corrected chi connectivity index (χ3v) is 0.803. The average Bonchev–Trinajstić information content (AvgIpc) is 1.67. The Hall–Kier alpha value is -1.04. The number of hydrogen-bond donors (Lipinski definition) is 1. The molecule has 44 valence electrons. The monoisotopic (exact) mass is 113 g/mol. The van der Waals surface area contributed by atoms with E-state index in [1.807, 2.05) is 0 Å². The molecule has 0 aromatic carbocycles. The summed E-state index contributed by atoms with van der Waals surface area (Å²) in [5, 5.41) is 8.23. The summed E-state index contributed by atoms with van der Waals surface area (Å²) in [6.45, 7) is 9.11. The van der Waals surface area contributed by atoms with Gasteiger partial charge in [0.25, 0.3) is 0 Å². The molecule has 0 unspecified atom stereocenters. The second kappa shape index (κ2) is 1.83. The fraction of sp³-hybridized carbons (Fsp3) is 0.600. The van der Waals surface area contributed by atoms with Gasteiger partial charge in [-0.25, -0.2) is 11.4 Å². The Bertz CT molecular complexity index is 143. The Kier molecular flexibility index (Phi) is 1.59. The maximum Gasteiger partial charge on any atom is 0.390 e. The van der Waals surface area contributed by atoms with Crippen molar-refractivity contribution in [3.63, 3.8) is 0 Å². The van der Waals surface area contributed by atoms with Crippen molar-refractivity contribution in [2.24, 2.45) is 0 Å². The second-order valence-corrected chi connectivity index (χ2v) is 1.98. The van der Waals surface area contributed by atoms with E-state index in [0.717, 1.165) is 0 Å². The van der Waals surface area contributed by atoms with Crippen LogP contribution < -0.4 is 0 Å². The number of aliphatic carboxylic acids is 1. The highest BCUT2D eigenvalue weighted by Crippen LogP contribution is 2.06. The van der Waals surface area contributed by atoms with Crippen LogP contribution in [0.3, 0.4) is 0 Å². The Balaban J connectivity index is 4.19. The molecule has 0 atom stereocenters. The SMILES string of the molecule is [C-]#[N+]C(C)(C)C(=O)O. The van der Waals surface area contributed by atoms with E-state index in [1.54, 1.807) is 0 Å². The van der Waals surface area contributed by atoms with Crippen LogP contribution in [0.5, 0.6) is 0 Å². The molecule has 0 aliphatic rings. The third kappa shape index (κ3) is 1.23. The lowest BCUT2D eigenvalue weighted by Crippen LogP contribution is -2.26. The van der Waals surface area contributed by atoms with Crippen LogP contribution in [0, 0.1) is 6.57 Å². The molecule has 0 saturated heterocycles. The zero-order valence-corrected chi connectivity index (χ0v) is 4.80. The van der Waals surface area contributed by atoms with Gasteiger partial charge in [0.05, 0.1) is 0 Å². The first-order chi connectivity index (χ1) is 3.50. The van der Waals surface area contributed by atoms with Crippen molar-refractivity contribution in [3.05, 3.63) is 11.4 Å². The van der Waals surface area contributed by atoms with Crippen LogP contribution in [-0.4, -0.2) is 16.6 Å². The molecule has 0 heterocycles. The molecule has 0 radical (unpaired) electrons. The molecule has 0 spiro atoms. The molecular formula is C5H7NO2. The lowest BCUT2D eigenvalue weighted by molar-refractivity contribution is -0.140. The minimum Gasteiger partial charge on any atom is -0.475 e. The highest BCUT2D eigenvalue weighted by Gasteiger charge is 2.32. The summed E-state index contributed by atoms with van der Waals surface area (Å²) >= 11 is 0. The van der Waals surface area contributed by atoms with Crippen molar-refractivity contribution in [3.8, 4) is 0 Å². The number of carbonyl (C=O) groups is 1. The summed E-state index contributed by atoms with van der Waals surface area (Å²) in [5.74, 6) is -1.08. The summed E-state index contributed by atoms with van der Waals surface area (Å²) in [4.78, 5) is 12.9. The van der Waals surface area contributed by atoms with Gasteiger partial charge in [-0.3, -0.25) is 4.85 Å². The van der Waals surface area contributed by atoms with E-state index in [9.17, 15) is 4.79 Å². The van der Waals surface area contributed by atoms with Crippen LogP contribution >= 0.6 is 0 Å². The quantitative estimate of drug-likeness (QED) is 0.510. The van der Waals surface area contributed by atoms with E-state index in [4.69, 9.17) is 11.7 Å². The van der Waals surface area contributed by atoms with Crippen molar-refractivity contribution in [1.82, 2.24) is 0 Å². The molecule has 0 bridgehead atoms. The number of carboxylic acids is 1. The van der Waals surface area contributed by atoms with E-state index in [-0.39, 0.29) is 0 Å². The lowest BCUT2D eigenvalue weighted by Gasteiger charge is -2.01. The minimum atomic E-state index is -1.25. The predicted octanol–water partition coefficient (Wildman–Crippen LogP) is 0.769. The molecule has 0 aromatic rings. The molecular weight excluding hydrogens is 106 g/mol. The smallest absolute Gasteiger partial charge is 0.390 e. The summed E-state index contributed by atoms with van der Waals surface area (Å²) in [6.07, 6.45) is 0. The molecule has 0 aliphatic carbocycles. The minimum absolute atomic E-state index is 1.08. The van der Waals surface area contributed by atoms with E-state index >= 15 is 0 Å². The van der Waals surface area contributed by atoms with Crippen LogP contribution in [-0.2, 0) is 4.79 Å².